The number of aliphatic hydroxyl groups excluding tert-OH is 2. The van der Waals surface area contributed by atoms with Gasteiger partial charge in [0, 0.05) is 22.7 Å². The van der Waals surface area contributed by atoms with Gasteiger partial charge in [0.05, 0.1) is 22.4 Å². The molecule has 0 aliphatic heterocycles. The Labute approximate surface area is 224 Å². The lowest BCUT2D eigenvalue weighted by molar-refractivity contribution is -0.137. The lowest BCUT2D eigenvalue weighted by Crippen LogP contribution is -2.29. The Morgan fingerprint density at radius 2 is 1.71 bits per heavy atom. The topological polar surface area (TPSA) is 53.4 Å². The monoisotopic (exact) mass is 547 g/mol. The summed E-state index contributed by atoms with van der Waals surface area (Å²) in [4.78, 5) is 5.04. The Balaban J connectivity index is 1.82. The van der Waals surface area contributed by atoms with Gasteiger partial charge >= 0.3 is 6.18 Å². The fourth-order valence-corrected chi connectivity index (χ4v) is 6.36. The molecule has 2 unspecified atom stereocenters. The number of fused-ring (bicyclic) bond motifs is 1. The molecule has 0 spiro atoms. The Morgan fingerprint density at radius 3 is 2.34 bits per heavy atom. The molecule has 1 fully saturated rings. The van der Waals surface area contributed by atoms with Gasteiger partial charge in [-0.25, -0.2) is 4.39 Å². The maximum Gasteiger partial charge on any atom is 0.417 e. The first-order chi connectivity index (χ1) is 17.9. The van der Waals surface area contributed by atoms with E-state index >= 15 is 0 Å². The SMILES string of the molecule is CC1(C)Cc2nc(C3CCCC3)c(C(O)c3ccc(Cl)c(C(F)(F)F)c3)c(-c3ccc(F)cc3)c2C(O)C1. The van der Waals surface area contributed by atoms with Crippen LogP contribution in [0.1, 0.15) is 97.7 Å². The Bertz CT molecular complexity index is 1350. The van der Waals surface area contributed by atoms with E-state index in [-0.39, 0.29) is 16.9 Å². The van der Waals surface area contributed by atoms with Crippen LogP contribution in [-0.2, 0) is 12.6 Å². The zero-order valence-corrected chi connectivity index (χ0v) is 22.0. The molecule has 8 heteroatoms. The minimum Gasteiger partial charge on any atom is -0.388 e. The van der Waals surface area contributed by atoms with Gasteiger partial charge in [-0.3, -0.25) is 4.98 Å². The van der Waals surface area contributed by atoms with E-state index in [4.69, 9.17) is 16.6 Å². The highest BCUT2D eigenvalue weighted by molar-refractivity contribution is 6.31. The van der Waals surface area contributed by atoms with Crippen LogP contribution in [0.15, 0.2) is 42.5 Å². The van der Waals surface area contributed by atoms with Crippen molar-refractivity contribution in [1.82, 2.24) is 4.98 Å². The van der Waals surface area contributed by atoms with Crippen LogP contribution in [-0.4, -0.2) is 15.2 Å². The highest BCUT2D eigenvalue weighted by Gasteiger charge is 2.39. The molecule has 1 heterocycles. The summed E-state index contributed by atoms with van der Waals surface area (Å²) in [5.74, 6) is -0.426. The van der Waals surface area contributed by atoms with E-state index in [1.807, 2.05) is 0 Å². The van der Waals surface area contributed by atoms with Gasteiger partial charge < -0.3 is 10.2 Å². The van der Waals surface area contributed by atoms with Crippen LogP contribution in [0.3, 0.4) is 0 Å². The zero-order chi connectivity index (χ0) is 27.4. The van der Waals surface area contributed by atoms with Crippen molar-refractivity contribution in [2.75, 3.05) is 0 Å². The first kappa shape index (κ1) is 27.1. The third kappa shape index (κ3) is 5.08. The third-order valence-electron chi connectivity index (χ3n) is 7.87. The van der Waals surface area contributed by atoms with E-state index in [2.05, 4.69) is 13.8 Å². The van der Waals surface area contributed by atoms with Gasteiger partial charge in [0.2, 0.25) is 0 Å². The summed E-state index contributed by atoms with van der Waals surface area (Å²) < 4.78 is 55.0. The van der Waals surface area contributed by atoms with Crippen molar-refractivity contribution in [2.24, 2.45) is 5.41 Å². The van der Waals surface area contributed by atoms with E-state index in [1.54, 1.807) is 12.1 Å². The quantitative estimate of drug-likeness (QED) is 0.323. The summed E-state index contributed by atoms with van der Waals surface area (Å²) in [6.45, 7) is 4.12. The number of rotatable bonds is 4. The lowest BCUT2D eigenvalue weighted by atomic mass is 9.71. The molecule has 3 nitrogen and oxygen atoms in total. The fourth-order valence-electron chi connectivity index (χ4n) is 6.14. The number of nitrogens with zero attached hydrogens (tertiary/aromatic N) is 1. The number of aromatic nitrogens is 1. The molecule has 1 aromatic heterocycles. The van der Waals surface area contributed by atoms with Crippen molar-refractivity contribution in [1.29, 1.82) is 0 Å². The largest absolute Gasteiger partial charge is 0.417 e. The minimum atomic E-state index is -4.70. The lowest BCUT2D eigenvalue weighted by Gasteiger charge is -2.37. The van der Waals surface area contributed by atoms with Crippen LogP contribution in [0.5, 0.6) is 0 Å². The summed E-state index contributed by atoms with van der Waals surface area (Å²) in [6.07, 6.45) is -2.36. The van der Waals surface area contributed by atoms with Crippen molar-refractivity contribution in [2.45, 2.75) is 76.7 Å². The second-order valence-electron chi connectivity index (χ2n) is 11.3. The average Bonchev–Trinajstić information content (AvgIpc) is 3.37. The number of aliphatic hydroxyl groups is 2. The van der Waals surface area contributed by atoms with Crippen LogP contribution in [0.2, 0.25) is 5.02 Å². The molecule has 0 saturated heterocycles. The number of hydrogen-bond acceptors (Lipinski definition) is 3. The smallest absolute Gasteiger partial charge is 0.388 e. The molecule has 38 heavy (non-hydrogen) atoms. The molecule has 0 radical (unpaired) electrons. The molecule has 1 saturated carbocycles. The average molecular weight is 548 g/mol. The molecule has 202 valence electrons. The fraction of sp³-hybridized carbons (Fsp3) is 0.433. The van der Waals surface area contributed by atoms with Gasteiger partial charge in [0.1, 0.15) is 11.9 Å². The Hall–Kier alpha value is -2.48. The molecule has 5 rings (SSSR count). The molecular formula is C30H30ClF4NO2. The van der Waals surface area contributed by atoms with E-state index in [0.717, 1.165) is 43.5 Å². The van der Waals surface area contributed by atoms with Crippen LogP contribution in [0, 0.1) is 11.2 Å². The molecule has 2 atom stereocenters. The van der Waals surface area contributed by atoms with Crippen molar-refractivity contribution in [3.63, 3.8) is 0 Å². The van der Waals surface area contributed by atoms with Crippen molar-refractivity contribution >= 4 is 11.6 Å². The molecule has 3 aromatic rings. The molecule has 0 bridgehead atoms. The van der Waals surface area contributed by atoms with Crippen LogP contribution < -0.4 is 0 Å². The normalized spacial score (nSPS) is 20.4. The maximum atomic E-state index is 13.9. The van der Waals surface area contributed by atoms with E-state index in [1.165, 1.54) is 18.2 Å². The number of halogens is 5. The van der Waals surface area contributed by atoms with Gasteiger partial charge in [-0.15, -0.1) is 0 Å². The second kappa shape index (κ2) is 9.92. The first-order valence-electron chi connectivity index (χ1n) is 12.9. The summed E-state index contributed by atoms with van der Waals surface area (Å²) in [7, 11) is 0. The number of hydrogen-bond donors (Lipinski definition) is 2. The van der Waals surface area contributed by atoms with Gasteiger partial charge in [0.15, 0.2) is 0 Å². The van der Waals surface area contributed by atoms with Gasteiger partial charge in [0.25, 0.3) is 0 Å². The first-order valence-corrected chi connectivity index (χ1v) is 13.3. The summed E-state index contributed by atoms with van der Waals surface area (Å²) in [6, 6.07) is 9.16. The second-order valence-corrected chi connectivity index (χ2v) is 11.7. The van der Waals surface area contributed by atoms with Crippen LogP contribution in [0.4, 0.5) is 17.6 Å². The Morgan fingerprint density at radius 1 is 1.05 bits per heavy atom. The summed E-state index contributed by atoms with van der Waals surface area (Å²) >= 11 is 5.87. The maximum absolute atomic E-state index is 13.9. The Kier molecular flexibility index (Phi) is 7.08. The van der Waals surface area contributed by atoms with Crippen molar-refractivity contribution < 1.29 is 27.8 Å². The molecular weight excluding hydrogens is 518 g/mol. The van der Waals surface area contributed by atoms with E-state index in [9.17, 15) is 27.8 Å². The van der Waals surface area contributed by atoms with Crippen LogP contribution in [0.25, 0.3) is 11.1 Å². The summed E-state index contributed by atoms with van der Waals surface area (Å²) in [5, 5.41) is 22.7. The van der Waals surface area contributed by atoms with Gasteiger partial charge in [-0.2, -0.15) is 13.2 Å². The summed E-state index contributed by atoms with van der Waals surface area (Å²) in [5.41, 5.74) is 2.15. The molecule has 2 N–H and O–H groups in total. The molecule has 2 aliphatic carbocycles. The van der Waals surface area contributed by atoms with Gasteiger partial charge in [-0.05, 0) is 72.1 Å². The van der Waals surface area contributed by atoms with Crippen molar-refractivity contribution in [3.8, 4) is 11.1 Å². The predicted octanol–water partition coefficient (Wildman–Crippen LogP) is 8.31. The number of alkyl halides is 3. The number of pyridine rings is 1. The molecule has 2 aromatic carbocycles. The van der Waals surface area contributed by atoms with E-state index < -0.39 is 34.8 Å². The zero-order valence-electron chi connectivity index (χ0n) is 21.2. The minimum absolute atomic E-state index is 0.0146. The van der Waals surface area contributed by atoms with Crippen molar-refractivity contribution in [3.05, 3.63) is 86.9 Å². The predicted molar refractivity (Wildman–Crippen MR) is 138 cm³/mol. The van der Waals surface area contributed by atoms with E-state index in [0.29, 0.717) is 40.8 Å². The standard InChI is InChI=1S/C30H30ClF4NO2/c1-29(2)14-22-25(23(37)15-29)24(16-7-10-19(32)11-8-16)26(27(36-22)17-5-3-4-6-17)28(38)18-9-12-21(31)20(13-18)30(33,34)35/h7-13,17,23,28,37-38H,3-6,14-15H2,1-2H3. The molecule has 0 amide bonds. The van der Waals surface area contributed by atoms with Crippen LogP contribution >= 0.6 is 11.6 Å². The highest BCUT2D eigenvalue weighted by Crippen LogP contribution is 2.50. The highest BCUT2D eigenvalue weighted by atomic mass is 35.5. The van der Waals surface area contributed by atoms with Gasteiger partial charge in [-0.1, -0.05) is 56.5 Å². The third-order valence-corrected chi connectivity index (χ3v) is 8.20. The molecule has 2 aliphatic rings. The number of benzene rings is 2.